The highest BCUT2D eigenvalue weighted by atomic mass is 35.5. The van der Waals surface area contributed by atoms with Gasteiger partial charge in [0.2, 0.25) is 5.91 Å². The zero-order valence-corrected chi connectivity index (χ0v) is 17.5. The summed E-state index contributed by atoms with van der Waals surface area (Å²) >= 11 is 7.65. The van der Waals surface area contributed by atoms with Gasteiger partial charge >= 0.3 is 5.97 Å². The van der Waals surface area contributed by atoms with Crippen LogP contribution in [0.4, 0.5) is 4.39 Å². The summed E-state index contributed by atoms with van der Waals surface area (Å²) in [5, 5.41) is 12.3. The monoisotopic (exact) mass is 454 g/mol. The number of ketones is 1. The van der Waals surface area contributed by atoms with Crippen molar-refractivity contribution in [3.05, 3.63) is 34.2 Å². The van der Waals surface area contributed by atoms with Gasteiger partial charge in [-0.15, -0.1) is 11.3 Å². The molecule has 10 heteroatoms. The number of halogens is 2. The van der Waals surface area contributed by atoms with Gasteiger partial charge < -0.3 is 15.3 Å². The summed E-state index contributed by atoms with van der Waals surface area (Å²) < 4.78 is 13.6. The predicted molar refractivity (Wildman–Crippen MR) is 111 cm³/mol. The first-order valence-corrected chi connectivity index (χ1v) is 10.6. The van der Waals surface area contributed by atoms with Crippen LogP contribution < -0.4 is 5.32 Å². The molecule has 2 aromatic rings. The Morgan fingerprint density at radius 3 is 2.67 bits per heavy atom. The Labute approximate surface area is 180 Å². The molecule has 0 radical (unpaired) electrons. The van der Waals surface area contributed by atoms with Gasteiger partial charge in [-0.2, -0.15) is 0 Å². The molecule has 2 N–H and O–H groups in total. The van der Waals surface area contributed by atoms with Crippen LogP contribution in [0.3, 0.4) is 0 Å². The second-order valence-corrected chi connectivity index (χ2v) is 8.44. The number of hydrogen-bond acceptors (Lipinski definition) is 5. The van der Waals surface area contributed by atoms with Crippen LogP contribution in [0.25, 0.3) is 10.1 Å². The fourth-order valence-electron chi connectivity index (χ4n) is 3.51. The van der Waals surface area contributed by atoms with Crippen LogP contribution in [0, 0.1) is 0 Å². The van der Waals surface area contributed by atoms with E-state index < -0.39 is 48.7 Å². The molecule has 1 aromatic carbocycles. The Balaban J connectivity index is 1.83. The summed E-state index contributed by atoms with van der Waals surface area (Å²) in [5.41, 5.74) is 0. The van der Waals surface area contributed by atoms with Crippen molar-refractivity contribution in [1.29, 1.82) is 0 Å². The number of rotatable bonds is 7. The van der Waals surface area contributed by atoms with Crippen molar-refractivity contribution in [2.24, 2.45) is 0 Å². The number of hydrogen-bond donors (Lipinski definition) is 2. The van der Waals surface area contributed by atoms with Crippen molar-refractivity contribution in [3.63, 3.8) is 0 Å². The molecule has 1 fully saturated rings. The summed E-state index contributed by atoms with van der Waals surface area (Å²) in [6.45, 7) is -1.06. The van der Waals surface area contributed by atoms with Crippen molar-refractivity contribution >= 4 is 56.6 Å². The SMILES string of the molecule is O=C(O)C[C@H](NC(=O)[C@@H]1CCCCN1C(=O)c1sc2ccccc2c1Cl)C(=O)CF. The van der Waals surface area contributed by atoms with E-state index in [-0.39, 0.29) is 0 Å². The maximum Gasteiger partial charge on any atom is 0.305 e. The Kier molecular flexibility index (Phi) is 7.04. The van der Waals surface area contributed by atoms with E-state index in [1.165, 1.54) is 16.2 Å². The van der Waals surface area contributed by atoms with Crippen molar-refractivity contribution < 1.29 is 28.7 Å². The van der Waals surface area contributed by atoms with Crippen LogP contribution in [0.5, 0.6) is 0 Å². The van der Waals surface area contributed by atoms with Gasteiger partial charge in [-0.05, 0) is 25.3 Å². The Bertz CT molecular complexity index is 995. The second-order valence-electron chi connectivity index (χ2n) is 7.01. The molecule has 1 saturated heterocycles. The number of likely N-dealkylation sites (tertiary alicyclic amines) is 1. The average Bonchev–Trinajstić information content (AvgIpc) is 3.08. The molecule has 3 rings (SSSR count). The quantitative estimate of drug-likeness (QED) is 0.669. The molecule has 2 amide bonds. The van der Waals surface area contributed by atoms with Gasteiger partial charge in [-0.1, -0.05) is 29.8 Å². The van der Waals surface area contributed by atoms with Crippen molar-refractivity contribution in [2.75, 3.05) is 13.2 Å². The van der Waals surface area contributed by atoms with E-state index in [0.717, 1.165) is 10.1 Å². The topological polar surface area (TPSA) is 104 Å². The molecule has 1 aliphatic heterocycles. The first kappa shape index (κ1) is 22.2. The molecule has 0 saturated carbocycles. The largest absolute Gasteiger partial charge is 0.481 e. The maximum atomic E-state index is 13.2. The van der Waals surface area contributed by atoms with Crippen molar-refractivity contribution in [1.82, 2.24) is 10.2 Å². The van der Waals surface area contributed by atoms with E-state index in [9.17, 15) is 23.6 Å². The van der Waals surface area contributed by atoms with Crippen molar-refractivity contribution in [3.8, 4) is 0 Å². The molecule has 160 valence electrons. The van der Waals surface area contributed by atoms with Gasteiger partial charge in [0.25, 0.3) is 5.91 Å². The molecular formula is C20H20ClFN2O5S. The van der Waals surface area contributed by atoms with Gasteiger partial charge in [0.1, 0.15) is 23.6 Å². The van der Waals surface area contributed by atoms with Crippen LogP contribution in [0.15, 0.2) is 24.3 Å². The van der Waals surface area contributed by atoms with Gasteiger partial charge in [0.05, 0.1) is 11.4 Å². The Morgan fingerprint density at radius 2 is 2.00 bits per heavy atom. The predicted octanol–water partition coefficient (Wildman–Crippen LogP) is 3.05. The van der Waals surface area contributed by atoms with E-state index in [0.29, 0.717) is 35.7 Å². The lowest BCUT2D eigenvalue weighted by molar-refractivity contribution is -0.140. The van der Waals surface area contributed by atoms with E-state index in [1.54, 1.807) is 0 Å². The number of benzene rings is 1. The summed E-state index contributed by atoms with van der Waals surface area (Å²) in [4.78, 5) is 50.4. The van der Waals surface area contributed by atoms with Crippen LogP contribution in [-0.4, -0.2) is 58.9 Å². The number of alkyl halides is 1. The highest BCUT2D eigenvalue weighted by Gasteiger charge is 2.36. The third-order valence-electron chi connectivity index (χ3n) is 5.01. The number of Topliss-reactive ketones (excluding diaryl/α,β-unsaturated/α-hetero) is 1. The molecule has 0 bridgehead atoms. The molecule has 0 aliphatic carbocycles. The smallest absolute Gasteiger partial charge is 0.305 e. The van der Waals surface area contributed by atoms with Crippen LogP contribution >= 0.6 is 22.9 Å². The number of thiophene rings is 1. The Morgan fingerprint density at radius 1 is 1.27 bits per heavy atom. The third-order valence-corrected chi connectivity index (χ3v) is 6.67. The number of carboxylic acid groups (broad SMARTS) is 1. The van der Waals surface area contributed by atoms with Crippen LogP contribution in [-0.2, 0) is 14.4 Å². The molecule has 2 heterocycles. The Hall–Kier alpha value is -2.52. The van der Waals surface area contributed by atoms with E-state index in [4.69, 9.17) is 16.7 Å². The van der Waals surface area contributed by atoms with E-state index in [2.05, 4.69) is 5.32 Å². The number of nitrogens with one attached hydrogen (secondary N) is 1. The lowest BCUT2D eigenvalue weighted by Gasteiger charge is -2.35. The number of carboxylic acids is 1. The number of carbonyl (C=O) groups excluding carboxylic acids is 3. The third kappa shape index (κ3) is 4.62. The molecule has 1 aliphatic rings. The average molecular weight is 455 g/mol. The molecule has 2 atom stereocenters. The standard InChI is InChI=1S/C20H20ClFN2O5S/c21-17-11-5-1-2-7-15(11)30-18(17)20(29)24-8-4-3-6-13(24)19(28)23-12(9-16(26)27)14(25)10-22/h1-2,5,7,12-13H,3-4,6,8-10H2,(H,23,28)(H,26,27)/t12-,13-/m0/s1. The normalized spacial score (nSPS) is 17.5. The summed E-state index contributed by atoms with van der Waals surface area (Å²) in [5.74, 6) is -3.43. The first-order chi connectivity index (χ1) is 14.3. The highest BCUT2D eigenvalue weighted by molar-refractivity contribution is 7.21. The fourth-order valence-corrected chi connectivity index (χ4v) is 4.98. The number of fused-ring (bicyclic) bond motifs is 1. The van der Waals surface area contributed by atoms with Crippen molar-refractivity contribution in [2.45, 2.75) is 37.8 Å². The first-order valence-electron chi connectivity index (χ1n) is 9.42. The molecule has 30 heavy (non-hydrogen) atoms. The lowest BCUT2D eigenvalue weighted by Crippen LogP contribution is -2.55. The minimum Gasteiger partial charge on any atom is -0.481 e. The van der Waals surface area contributed by atoms with Crippen LogP contribution in [0.2, 0.25) is 5.02 Å². The second kappa shape index (κ2) is 9.53. The zero-order chi connectivity index (χ0) is 21.8. The molecular weight excluding hydrogens is 435 g/mol. The van der Waals surface area contributed by atoms with Gasteiger partial charge in [0, 0.05) is 16.6 Å². The van der Waals surface area contributed by atoms with Gasteiger partial charge in [-0.25, -0.2) is 4.39 Å². The number of carbonyl (C=O) groups is 4. The highest BCUT2D eigenvalue weighted by Crippen LogP contribution is 2.36. The van der Waals surface area contributed by atoms with Gasteiger partial charge in [-0.3, -0.25) is 19.2 Å². The molecule has 0 unspecified atom stereocenters. The summed E-state index contributed by atoms with van der Waals surface area (Å²) in [7, 11) is 0. The minimum absolute atomic E-state index is 0.319. The lowest BCUT2D eigenvalue weighted by atomic mass is 10.00. The maximum absolute atomic E-state index is 13.2. The summed E-state index contributed by atoms with van der Waals surface area (Å²) in [6, 6.07) is 4.94. The number of piperidine rings is 1. The van der Waals surface area contributed by atoms with Gasteiger partial charge in [0.15, 0.2) is 5.78 Å². The minimum atomic E-state index is -1.48. The molecule has 7 nitrogen and oxygen atoms in total. The number of nitrogens with zero attached hydrogens (tertiary/aromatic N) is 1. The fraction of sp³-hybridized carbons (Fsp3) is 0.400. The summed E-state index contributed by atoms with van der Waals surface area (Å²) in [6.07, 6.45) is 1.00. The van der Waals surface area contributed by atoms with E-state index in [1.807, 2.05) is 24.3 Å². The zero-order valence-electron chi connectivity index (χ0n) is 15.9. The van der Waals surface area contributed by atoms with E-state index >= 15 is 0 Å². The molecule has 0 spiro atoms. The van der Waals surface area contributed by atoms with Crippen LogP contribution in [0.1, 0.15) is 35.4 Å². The number of amides is 2. The molecule has 1 aromatic heterocycles. The number of aliphatic carboxylic acids is 1.